The summed E-state index contributed by atoms with van der Waals surface area (Å²) < 4.78 is 15.4. The zero-order valence-electron chi connectivity index (χ0n) is 9.75. The number of hydrogen-bond acceptors (Lipinski definition) is 2. The molecule has 3 aromatic rings. The zero-order chi connectivity index (χ0) is 13.4. The first-order valence-corrected chi connectivity index (χ1v) is 5.62. The van der Waals surface area contributed by atoms with Crippen molar-refractivity contribution in [2.24, 2.45) is 0 Å². The Balaban J connectivity index is 2.38. The van der Waals surface area contributed by atoms with Crippen molar-refractivity contribution in [2.75, 3.05) is 0 Å². The number of fused-ring (bicyclic) bond motifs is 1. The topological polar surface area (TPSA) is 54.6 Å². The molecule has 0 spiro atoms. The van der Waals surface area contributed by atoms with E-state index in [1.165, 1.54) is 18.3 Å². The number of carboxylic acids is 1. The van der Waals surface area contributed by atoms with E-state index in [-0.39, 0.29) is 16.8 Å². The second-order valence-corrected chi connectivity index (χ2v) is 4.05. The molecule has 0 saturated carbocycles. The van der Waals surface area contributed by atoms with Gasteiger partial charge >= 0.3 is 5.97 Å². The summed E-state index contributed by atoms with van der Waals surface area (Å²) in [5.41, 5.74) is 0.883. The summed E-state index contributed by atoms with van der Waals surface area (Å²) in [5.74, 6) is -1.64. The highest BCUT2D eigenvalue weighted by Crippen LogP contribution is 2.29. The number of hydrogen-bond donors (Lipinski definition) is 1. The van der Waals surface area contributed by atoms with E-state index in [1.807, 2.05) is 0 Å². The highest BCUT2D eigenvalue weighted by molar-refractivity contribution is 6.03. The quantitative estimate of drug-likeness (QED) is 0.767. The average Bonchev–Trinajstić information content (AvgIpc) is 2.78. The summed E-state index contributed by atoms with van der Waals surface area (Å²) in [6, 6.07) is 7.91. The van der Waals surface area contributed by atoms with Gasteiger partial charge in [-0.3, -0.25) is 4.98 Å². The second kappa shape index (κ2) is 4.20. The van der Waals surface area contributed by atoms with E-state index in [0.717, 1.165) is 0 Å². The van der Waals surface area contributed by atoms with Crippen molar-refractivity contribution in [3.8, 4) is 11.3 Å². The first kappa shape index (κ1) is 11.4. The zero-order valence-corrected chi connectivity index (χ0v) is 9.75. The number of carbonyl (C=O) groups is 1. The van der Waals surface area contributed by atoms with E-state index >= 15 is 0 Å². The molecule has 3 aromatic heterocycles. The first-order chi connectivity index (χ1) is 9.18. The standard InChI is InChI=1S/C14H9FN2O2/c15-10-4-3-6-16-13(10)9-8-17-7-2-1-5-11(17)12(9)14(18)19/h1-8H,(H,18,19). The van der Waals surface area contributed by atoms with Gasteiger partial charge in [-0.2, -0.15) is 0 Å². The second-order valence-electron chi connectivity index (χ2n) is 4.05. The van der Waals surface area contributed by atoms with Crippen molar-refractivity contribution in [3.63, 3.8) is 0 Å². The number of carboxylic acid groups (broad SMARTS) is 1. The summed E-state index contributed by atoms with van der Waals surface area (Å²) in [4.78, 5) is 15.4. The maximum atomic E-state index is 13.8. The monoisotopic (exact) mass is 256 g/mol. The SMILES string of the molecule is O=C(O)c1c(-c2ncccc2F)cn2ccccc12. The molecule has 0 atom stereocenters. The summed E-state index contributed by atoms with van der Waals surface area (Å²) >= 11 is 0. The molecule has 0 amide bonds. The lowest BCUT2D eigenvalue weighted by Gasteiger charge is -2.00. The molecule has 94 valence electrons. The lowest BCUT2D eigenvalue weighted by Crippen LogP contribution is -1.99. The molecule has 5 heteroatoms. The van der Waals surface area contributed by atoms with E-state index in [0.29, 0.717) is 5.52 Å². The highest BCUT2D eigenvalue weighted by Gasteiger charge is 2.20. The molecule has 3 rings (SSSR count). The van der Waals surface area contributed by atoms with Gasteiger partial charge in [0, 0.05) is 24.2 Å². The number of pyridine rings is 2. The maximum absolute atomic E-state index is 13.8. The van der Waals surface area contributed by atoms with Crippen molar-refractivity contribution in [3.05, 3.63) is 60.3 Å². The maximum Gasteiger partial charge on any atom is 0.338 e. The van der Waals surface area contributed by atoms with Crippen LogP contribution in [0.1, 0.15) is 10.4 Å². The Morgan fingerprint density at radius 3 is 2.84 bits per heavy atom. The molecule has 0 fully saturated rings. The predicted octanol–water partition coefficient (Wildman–Crippen LogP) is 2.84. The third-order valence-electron chi connectivity index (χ3n) is 2.91. The number of nitrogens with zero attached hydrogens (tertiary/aromatic N) is 2. The van der Waals surface area contributed by atoms with Crippen molar-refractivity contribution in [1.82, 2.24) is 9.38 Å². The van der Waals surface area contributed by atoms with E-state index in [4.69, 9.17) is 0 Å². The average molecular weight is 256 g/mol. The van der Waals surface area contributed by atoms with Crippen LogP contribution in [0.4, 0.5) is 4.39 Å². The summed E-state index contributed by atoms with van der Waals surface area (Å²) in [6.45, 7) is 0. The number of halogens is 1. The van der Waals surface area contributed by atoms with E-state index < -0.39 is 11.8 Å². The lowest BCUT2D eigenvalue weighted by atomic mass is 10.1. The van der Waals surface area contributed by atoms with Crippen LogP contribution in [0.2, 0.25) is 0 Å². The molecule has 0 aliphatic carbocycles. The first-order valence-electron chi connectivity index (χ1n) is 5.62. The van der Waals surface area contributed by atoms with Gasteiger partial charge in [-0.15, -0.1) is 0 Å². The van der Waals surface area contributed by atoms with Gasteiger partial charge in [0.15, 0.2) is 0 Å². The Morgan fingerprint density at radius 2 is 2.11 bits per heavy atom. The van der Waals surface area contributed by atoms with Crippen LogP contribution in [0.25, 0.3) is 16.8 Å². The molecule has 0 saturated heterocycles. The Morgan fingerprint density at radius 1 is 1.26 bits per heavy atom. The molecule has 0 bridgehead atoms. The van der Waals surface area contributed by atoms with Crippen LogP contribution in [0.3, 0.4) is 0 Å². The fourth-order valence-electron chi connectivity index (χ4n) is 2.11. The Hall–Kier alpha value is -2.69. The van der Waals surface area contributed by atoms with Crippen LogP contribution in [0.15, 0.2) is 48.9 Å². The van der Waals surface area contributed by atoms with Gasteiger partial charge < -0.3 is 9.51 Å². The molecule has 0 radical (unpaired) electrons. The van der Waals surface area contributed by atoms with Gasteiger partial charge in [-0.1, -0.05) is 6.07 Å². The molecular formula is C14H9FN2O2. The molecule has 1 N–H and O–H groups in total. The predicted molar refractivity (Wildman–Crippen MR) is 67.5 cm³/mol. The molecule has 19 heavy (non-hydrogen) atoms. The third kappa shape index (κ3) is 1.76. The highest BCUT2D eigenvalue weighted by atomic mass is 19.1. The molecule has 3 heterocycles. The smallest absolute Gasteiger partial charge is 0.338 e. The largest absolute Gasteiger partial charge is 0.478 e. The number of rotatable bonds is 2. The van der Waals surface area contributed by atoms with Crippen LogP contribution >= 0.6 is 0 Å². The molecule has 0 aliphatic rings. The van der Waals surface area contributed by atoms with Crippen LogP contribution in [-0.4, -0.2) is 20.5 Å². The van der Waals surface area contributed by atoms with Crippen LogP contribution in [-0.2, 0) is 0 Å². The fraction of sp³-hybridized carbons (Fsp3) is 0. The van der Waals surface area contributed by atoms with Gasteiger partial charge in [0.2, 0.25) is 0 Å². The Bertz CT molecular complexity index is 780. The van der Waals surface area contributed by atoms with Crippen molar-refractivity contribution in [2.45, 2.75) is 0 Å². The van der Waals surface area contributed by atoms with Crippen molar-refractivity contribution < 1.29 is 14.3 Å². The van der Waals surface area contributed by atoms with Crippen LogP contribution in [0.5, 0.6) is 0 Å². The minimum Gasteiger partial charge on any atom is -0.478 e. The van der Waals surface area contributed by atoms with Gasteiger partial charge in [0.1, 0.15) is 11.5 Å². The summed E-state index contributed by atoms with van der Waals surface area (Å²) in [5, 5.41) is 9.34. The summed E-state index contributed by atoms with van der Waals surface area (Å²) in [6.07, 6.45) is 4.72. The fourth-order valence-corrected chi connectivity index (χ4v) is 2.11. The van der Waals surface area contributed by atoms with Gasteiger partial charge in [0.25, 0.3) is 0 Å². The van der Waals surface area contributed by atoms with E-state index in [1.54, 1.807) is 35.0 Å². The van der Waals surface area contributed by atoms with Crippen LogP contribution < -0.4 is 0 Å². The van der Waals surface area contributed by atoms with E-state index in [9.17, 15) is 14.3 Å². The number of aromatic carboxylic acids is 1. The molecule has 0 aromatic carbocycles. The Kier molecular flexibility index (Phi) is 2.52. The normalized spacial score (nSPS) is 10.8. The lowest BCUT2D eigenvalue weighted by molar-refractivity contribution is 0.0700. The third-order valence-corrected chi connectivity index (χ3v) is 2.91. The minimum absolute atomic E-state index is 0.0450. The van der Waals surface area contributed by atoms with Gasteiger partial charge in [-0.25, -0.2) is 9.18 Å². The minimum atomic E-state index is -1.10. The molecule has 4 nitrogen and oxygen atoms in total. The Labute approximate surface area is 107 Å². The van der Waals surface area contributed by atoms with Gasteiger partial charge in [-0.05, 0) is 24.3 Å². The van der Waals surface area contributed by atoms with Gasteiger partial charge in [0.05, 0.1) is 11.1 Å². The van der Waals surface area contributed by atoms with Crippen molar-refractivity contribution in [1.29, 1.82) is 0 Å². The van der Waals surface area contributed by atoms with E-state index in [2.05, 4.69) is 4.98 Å². The van der Waals surface area contributed by atoms with Crippen LogP contribution in [0, 0.1) is 5.82 Å². The molecular weight excluding hydrogens is 247 g/mol. The molecule has 0 aliphatic heterocycles. The number of aromatic nitrogens is 2. The summed E-state index contributed by atoms with van der Waals surface area (Å²) in [7, 11) is 0. The molecule has 0 unspecified atom stereocenters. The van der Waals surface area contributed by atoms with Crippen molar-refractivity contribution >= 4 is 11.5 Å².